The monoisotopic (exact) mass is 439 g/mol. The van der Waals surface area contributed by atoms with Crippen molar-refractivity contribution in [2.45, 2.75) is 19.6 Å². The molecule has 136 valence electrons. The lowest BCUT2D eigenvalue weighted by molar-refractivity contribution is 0.219. The van der Waals surface area contributed by atoms with Crippen LogP contribution in [0.1, 0.15) is 27.8 Å². The van der Waals surface area contributed by atoms with Gasteiger partial charge < -0.3 is 9.84 Å². The molecule has 0 saturated heterocycles. The number of aliphatic hydroxyl groups excluding tert-OH is 1. The zero-order valence-electron chi connectivity index (χ0n) is 14.7. The van der Waals surface area contributed by atoms with Crippen molar-refractivity contribution in [1.29, 1.82) is 0 Å². The second kappa shape index (κ2) is 7.80. The molecule has 1 unspecified atom stereocenters. The minimum absolute atomic E-state index is 0.499. The third kappa shape index (κ3) is 3.90. The molecule has 0 bridgehead atoms. The maximum absolute atomic E-state index is 10.9. The number of hydrogen-bond acceptors (Lipinski definition) is 4. The van der Waals surface area contributed by atoms with Gasteiger partial charge in [-0.1, -0.05) is 42.5 Å². The topological polar surface area (TPSA) is 42.4 Å². The number of halogens is 1. The average molecular weight is 440 g/mol. The van der Waals surface area contributed by atoms with Crippen molar-refractivity contribution < 1.29 is 9.84 Å². The van der Waals surface area contributed by atoms with E-state index in [9.17, 15) is 5.11 Å². The summed E-state index contributed by atoms with van der Waals surface area (Å²) in [5, 5.41) is 11.6. The Morgan fingerprint density at radius 3 is 2.59 bits per heavy atom. The molecule has 0 aliphatic rings. The molecule has 0 aliphatic heterocycles. The standard InChI is InChI=1S/C22H18BrNO2S/c1-14-11-19(26-13-15-7-3-2-4-8-15)17(23)12-16(14)21(25)22-24-18-9-5-6-10-20(18)27-22/h2-12,21,25H,13H2,1H3. The summed E-state index contributed by atoms with van der Waals surface area (Å²) in [6, 6.07) is 21.9. The average Bonchev–Trinajstić information content (AvgIpc) is 3.13. The number of para-hydroxylation sites is 1. The van der Waals surface area contributed by atoms with Gasteiger partial charge in [0.25, 0.3) is 0 Å². The molecular weight excluding hydrogens is 422 g/mol. The molecule has 4 aromatic rings. The van der Waals surface area contributed by atoms with Gasteiger partial charge in [0.2, 0.25) is 0 Å². The van der Waals surface area contributed by atoms with E-state index in [1.807, 2.05) is 73.7 Å². The van der Waals surface area contributed by atoms with Crippen LogP contribution < -0.4 is 4.74 Å². The van der Waals surface area contributed by atoms with E-state index in [0.29, 0.717) is 11.6 Å². The summed E-state index contributed by atoms with van der Waals surface area (Å²) in [4.78, 5) is 4.58. The Morgan fingerprint density at radius 1 is 1.07 bits per heavy atom. The second-order valence-electron chi connectivity index (χ2n) is 6.34. The zero-order valence-corrected chi connectivity index (χ0v) is 17.1. The molecule has 1 aromatic heterocycles. The lowest BCUT2D eigenvalue weighted by Crippen LogP contribution is -2.03. The van der Waals surface area contributed by atoms with Crippen molar-refractivity contribution >= 4 is 37.5 Å². The first-order chi connectivity index (χ1) is 13.1. The molecule has 0 saturated carbocycles. The van der Waals surface area contributed by atoms with Gasteiger partial charge in [0.15, 0.2) is 0 Å². The van der Waals surface area contributed by atoms with E-state index in [4.69, 9.17) is 4.74 Å². The summed E-state index contributed by atoms with van der Waals surface area (Å²) in [7, 11) is 0. The van der Waals surface area contributed by atoms with E-state index in [0.717, 1.165) is 37.1 Å². The zero-order chi connectivity index (χ0) is 18.8. The molecule has 0 radical (unpaired) electrons. The number of hydrogen-bond donors (Lipinski definition) is 1. The molecule has 0 amide bonds. The van der Waals surface area contributed by atoms with Crippen LogP contribution in [0.2, 0.25) is 0 Å². The second-order valence-corrected chi connectivity index (χ2v) is 8.25. The maximum Gasteiger partial charge on any atom is 0.134 e. The molecule has 0 fully saturated rings. The van der Waals surface area contributed by atoms with Crippen LogP contribution in [0.3, 0.4) is 0 Å². The molecule has 5 heteroatoms. The summed E-state index contributed by atoms with van der Waals surface area (Å²) < 4.78 is 7.84. The van der Waals surface area contributed by atoms with E-state index in [-0.39, 0.29) is 0 Å². The Kier molecular flexibility index (Phi) is 5.25. The van der Waals surface area contributed by atoms with E-state index < -0.39 is 6.10 Å². The molecule has 1 N–H and O–H groups in total. The molecule has 27 heavy (non-hydrogen) atoms. The Hall–Kier alpha value is -2.21. The predicted molar refractivity (Wildman–Crippen MR) is 113 cm³/mol. The maximum atomic E-state index is 10.9. The number of fused-ring (bicyclic) bond motifs is 1. The van der Waals surface area contributed by atoms with Gasteiger partial charge in [-0.3, -0.25) is 0 Å². The molecule has 1 atom stereocenters. The summed E-state index contributed by atoms with van der Waals surface area (Å²) in [5.74, 6) is 0.761. The highest BCUT2D eigenvalue weighted by molar-refractivity contribution is 9.10. The quantitative estimate of drug-likeness (QED) is 0.412. The van der Waals surface area contributed by atoms with Crippen LogP contribution in [0.15, 0.2) is 71.2 Å². The van der Waals surface area contributed by atoms with Crippen LogP contribution in [-0.2, 0) is 6.61 Å². The van der Waals surface area contributed by atoms with Crippen molar-refractivity contribution in [3.05, 3.63) is 92.9 Å². The first kappa shape index (κ1) is 18.2. The van der Waals surface area contributed by atoms with E-state index in [1.54, 1.807) is 0 Å². The van der Waals surface area contributed by atoms with Crippen LogP contribution in [0.5, 0.6) is 5.75 Å². The minimum Gasteiger partial charge on any atom is -0.488 e. The summed E-state index contributed by atoms with van der Waals surface area (Å²) >= 11 is 5.10. The van der Waals surface area contributed by atoms with Crippen LogP contribution in [-0.4, -0.2) is 10.1 Å². The first-order valence-electron chi connectivity index (χ1n) is 8.62. The lowest BCUT2D eigenvalue weighted by atomic mass is 10.0. The third-order valence-electron chi connectivity index (χ3n) is 4.40. The van der Waals surface area contributed by atoms with Gasteiger partial charge in [0.05, 0.1) is 14.7 Å². The van der Waals surface area contributed by atoms with Gasteiger partial charge in [-0.2, -0.15) is 0 Å². The smallest absolute Gasteiger partial charge is 0.134 e. The molecule has 3 nitrogen and oxygen atoms in total. The van der Waals surface area contributed by atoms with E-state index >= 15 is 0 Å². The SMILES string of the molecule is Cc1cc(OCc2ccccc2)c(Br)cc1C(O)c1nc2ccccc2s1. The number of aliphatic hydroxyl groups is 1. The van der Waals surface area contributed by atoms with Gasteiger partial charge >= 0.3 is 0 Å². The van der Waals surface area contributed by atoms with Crippen LogP contribution in [0, 0.1) is 6.92 Å². The van der Waals surface area contributed by atoms with Crippen LogP contribution in [0.4, 0.5) is 0 Å². The highest BCUT2D eigenvalue weighted by atomic mass is 79.9. The minimum atomic E-state index is -0.762. The fourth-order valence-corrected chi connectivity index (χ4v) is 4.40. The highest BCUT2D eigenvalue weighted by Crippen LogP contribution is 2.36. The number of rotatable bonds is 5. The van der Waals surface area contributed by atoms with Crippen molar-refractivity contribution in [2.75, 3.05) is 0 Å². The van der Waals surface area contributed by atoms with Crippen molar-refractivity contribution in [3.8, 4) is 5.75 Å². The molecule has 0 aliphatic carbocycles. The Bertz CT molecular complexity index is 1050. The number of aryl methyl sites for hydroxylation is 1. The third-order valence-corrected chi connectivity index (χ3v) is 6.11. The summed E-state index contributed by atoms with van der Waals surface area (Å²) in [6.45, 7) is 2.48. The first-order valence-corrected chi connectivity index (χ1v) is 10.2. The number of aromatic nitrogens is 1. The fourth-order valence-electron chi connectivity index (χ4n) is 2.95. The normalized spacial score (nSPS) is 12.3. The van der Waals surface area contributed by atoms with Crippen LogP contribution in [0.25, 0.3) is 10.2 Å². The van der Waals surface area contributed by atoms with Gasteiger partial charge in [-0.25, -0.2) is 4.98 Å². The number of ether oxygens (including phenoxy) is 1. The number of nitrogens with zero attached hydrogens (tertiary/aromatic N) is 1. The number of benzene rings is 3. The predicted octanol–water partition coefficient (Wildman–Crippen LogP) is 6.03. The Morgan fingerprint density at radius 2 is 1.81 bits per heavy atom. The Balaban J connectivity index is 1.59. The van der Waals surface area contributed by atoms with Gasteiger partial charge in [-0.15, -0.1) is 11.3 Å². The molecule has 3 aromatic carbocycles. The molecule has 0 spiro atoms. The number of thiazole rings is 1. The fraction of sp³-hybridized carbons (Fsp3) is 0.136. The van der Waals surface area contributed by atoms with E-state index in [2.05, 4.69) is 20.9 Å². The largest absolute Gasteiger partial charge is 0.488 e. The van der Waals surface area contributed by atoms with Crippen molar-refractivity contribution in [1.82, 2.24) is 4.98 Å². The van der Waals surface area contributed by atoms with E-state index in [1.165, 1.54) is 11.3 Å². The molecule has 1 heterocycles. The highest BCUT2D eigenvalue weighted by Gasteiger charge is 2.19. The summed E-state index contributed by atoms with van der Waals surface area (Å²) in [6.07, 6.45) is -0.762. The lowest BCUT2D eigenvalue weighted by Gasteiger charge is -2.15. The molecular formula is C22H18BrNO2S. The van der Waals surface area contributed by atoms with Gasteiger partial charge in [0.1, 0.15) is 23.5 Å². The van der Waals surface area contributed by atoms with Gasteiger partial charge in [-0.05, 0) is 63.8 Å². The van der Waals surface area contributed by atoms with Crippen molar-refractivity contribution in [3.63, 3.8) is 0 Å². The van der Waals surface area contributed by atoms with Crippen LogP contribution >= 0.6 is 27.3 Å². The molecule has 4 rings (SSSR count). The van der Waals surface area contributed by atoms with Gasteiger partial charge in [0, 0.05) is 0 Å². The van der Waals surface area contributed by atoms with Crippen molar-refractivity contribution in [2.24, 2.45) is 0 Å². The summed E-state index contributed by atoms with van der Waals surface area (Å²) in [5.41, 5.74) is 3.82. The Labute approximate surface area is 170 Å².